The fourth-order valence-corrected chi connectivity index (χ4v) is 5.07. The van der Waals surface area contributed by atoms with E-state index in [1.807, 2.05) is 41.3 Å². The summed E-state index contributed by atoms with van der Waals surface area (Å²) < 4.78 is 0. The molecule has 28 heavy (non-hydrogen) atoms. The quantitative estimate of drug-likeness (QED) is 0.506. The van der Waals surface area contributed by atoms with Gasteiger partial charge in [0.1, 0.15) is 0 Å². The molecule has 1 heterocycles. The maximum atomic E-state index is 12.9. The first-order valence-electron chi connectivity index (χ1n) is 9.30. The van der Waals surface area contributed by atoms with Crippen LogP contribution in [0.25, 0.3) is 5.57 Å². The van der Waals surface area contributed by atoms with Crippen molar-refractivity contribution in [3.63, 3.8) is 0 Å². The third kappa shape index (κ3) is 3.61. The first-order valence-corrected chi connectivity index (χ1v) is 10.4. The molecule has 0 spiro atoms. The van der Waals surface area contributed by atoms with Crippen molar-refractivity contribution in [2.24, 2.45) is 11.8 Å². The highest BCUT2D eigenvalue weighted by Gasteiger charge is 2.43. The fourth-order valence-electron chi connectivity index (χ4n) is 4.41. The highest BCUT2D eigenvalue weighted by molar-refractivity contribution is 6.35. The molecular weight excluding hydrogens is 413 g/mol. The van der Waals surface area contributed by atoms with E-state index in [-0.39, 0.29) is 23.7 Å². The van der Waals surface area contributed by atoms with Gasteiger partial charge in [0.2, 0.25) is 5.91 Å². The molecule has 0 saturated carbocycles. The molecule has 1 saturated heterocycles. The molecule has 2 aromatic rings. The lowest BCUT2D eigenvalue weighted by Gasteiger charge is -2.31. The Kier molecular flexibility index (Phi) is 5.55. The van der Waals surface area contributed by atoms with Crippen molar-refractivity contribution in [1.82, 2.24) is 4.90 Å². The van der Waals surface area contributed by atoms with E-state index in [4.69, 9.17) is 34.8 Å². The van der Waals surface area contributed by atoms with Gasteiger partial charge in [0, 0.05) is 34.1 Å². The Morgan fingerprint density at radius 2 is 1.79 bits per heavy atom. The zero-order valence-electron chi connectivity index (χ0n) is 15.2. The van der Waals surface area contributed by atoms with Crippen molar-refractivity contribution in [2.45, 2.75) is 12.3 Å². The molecule has 0 aromatic heterocycles. The van der Waals surface area contributed by atoms with Crippen molar-refractivity contribution in [1.29, 1.82) is 0 Å². The van der Waals surface area contributed by atoms with Crippen LogP contribution in [0.5, 0.6) is 0 Å². The fraction of sp³-hybridized carbons (Fsp3) is 0.261. The first kappa shape index (κ1) is 19.6. The number of fused-ring (bicyclic) bond motifs is 1. The van der Waals surface area contributed by atoms with Crippen LogP contribution in [0.2, 0.25) is 15.1 Å². The molecule has 5 heteroatoms. The number of halogens is 3. The lowest BCUT2D eigenvalue weighted by molar-refractivity contribution is -0.129. The lowest BCUT2D eigenvalue weighted by Crippen LogP contribution is -2.27. The van der Waals surface area contributed by atoms with E-state index in [0.29, 0.717) is 21.6 Å². The Balaban J connectivity index is 1.79. The van der Waals surface area contributed by atoms with E-state index in [1.54, 1.807) is 12.1 Å². The number of benzene rings is 2. The molecule has 2 aliphatic rings. The molecule has 0 bridgehead atoms. The number of rotatable bonds is 4. The molecule has 144 valence electrons. The third-order valence-corrected chi connectivity index (χ3v) is 6.51. The summed E-state index contributed by atoms with van der Waals surface area (Å²) >= 11 is 18.8. The van der Waals surface area contributed by atoms with Gasteiger partial charge in [-0.1, -0.05) is 65.2 Å². The van der Waals surface area contributed by atoms with E-state index < -0.39 is 0 Å². The van der Waals surface area contributed by atoms with Crippen LogP contribution in [0.4, 0.5) is 0 Å². The van der Waals surface area contributed by atoms with E-state index in [0.717, 1.165) is 29.7 Å². The molecule has 1 amide bonds. The van der Waals surface area contributed by atoms with Gasteiger partial charge in [-0.15, -0.1) is 6.58 Å². The van der Waals surface area contributed by atoms with Gasteiger partial charge in [-0.05, 0) is 53.3 Å². The lowest BCUT2D eigenvalue weighted by atomic mass is 9.71. The molecule has 2 aromatic carbocycles. The zero-order valence-corrected chi connectivity index (χ0v) is 17.5. The number of likely N-dealkylation sites (tertiary alicyclic amines) is 1. The van der Waals surface area contributed by atoms with Crippen LogP contribution in [-0.4, -0.2) is 23.9 Å². The van der Waals surface area contributed by atoms with Crippen molar-refractivity contribution in [3.05, 3.63) is 87.4 Å². The molecular formula is C23H20Cl3NO. The van der Waals surface area contributed by atoms with Crippen LogP contribution < -0.4 is 0 Å². The smallest absolute Gasteiger partial charge is 0.230 e. The highest BCUT2D eigenvalue weighted by atomic mass is 35.5. The van der Waals surface area contributed by atoms with Crippen LogP contribution >= 0.6 is 34.8 Å². The van der Waals surface area contributed by atoms with Crippen LogP contribution in [-0.2, 0) is 4.79 Å². The summed E-state index contributed by atoms with van der Waals surface area (Å²) in [6.45, 7) is 5.11. The molecule has 0 radical (unpaired) electrons. The number of nitrogens with zero attached hydrogens (tertiary/aromatic N) is 1. The molecule has 1 aliphatic heterocycles. The van der Waals surface area contributed by atoms with Gasteiger partial charge < -0.3 is 4.90 Å². The molecule has 0 N–H and O–H groups in total. The molecule has 3 unspecified atom stereocenters. The summed E-state index contributed by atoms with van der Waals surface area (Å²) in [6, 6.07) is 13.4. The minimum atomic E-state index is -0.104. The summed E-state index contributed by atoms with van der Waals surface area (Å²) in [5, 5.41) is 1.96. The Morgan fingerprint density at radius 3 is 2.46 bits per heavy atom. The minimum absolute atomic E-state index is 0.101. The average Bonchev–Trinajstić information content (AvgIpc) is 2.97. The van der Waals surface area contributed by atoms with Gasteiger partial charge in [-0.2, -0.15) is 0 Å². The summed E-state index contributed by atoms with van der Waals surface area (Å²) in [5.41, 5.74) is 3.23. The number of amides is 1. The Morgan fingerprint density at radius 1 is 1.07 bits per heavy atom. The van der Waals surface area contributed by atoms with Gasteiger partial charge in [0.25, 0.3) is 0 Å². The standard InChI is InChI=1S/C23H20Cl3NO/c1-2-9-27-13-15-10-21(18-8-7-17(25)11-22(18)26)19(12-20(15)23(27)28)14-3-5-16(24)6-4-14/h2-8,11-12,15,20-21H,1,9-10,13H2. The molecule has 2 nitrogen and oxygen atoms in total. The second kappa shape index (κ2) is 7.94. The summed E-state index contributed by atoms with van der Waals surface area (Å²) in [5.74, 6) is 0.439. The van der Waals surface area contributed by atoms with E-state index in [2.05, 4.69) is 12.7 Å². The number of hydrogen-bond donors (Lipinski definition) is 0. The Labute approximate surface area is 180 Å². The average molecular weight is 433 g/mol. The Hall–Kier alpha value is -1.74. The van der Waals surface area contributed by atoms with E-state index >= 15 is 0 Å². The molecule has 4 rings (SSSR count). The highest BCUT2D eigenvalue weighted by Crippen LogP contribution is 2.48. The topological polar surface area (TPSA) is 20.3 Å². The molecule has 1 aliphatic carbocycles. The summed E-state index contributed by atoms with van der Waals surface area (Å²) in [6.07, 6.45) is 4.78. The van der Waals surface area contributed by atoms with Gasteiger partial charge in [0.05, 0.1) is 5.92 Å². The van der Waals surface area contributed by atoms with Crippen LogP contribution in [0, 0.1) is 11.8 Å². The maximum Gasteiger partial charge on any atom is 0.230 e. The number of allylic oxidation sites excluding steroid dienone is 1. The van der Waals surface area contributed by atoms with Gasteiger partial charge in [-0.3, -0.25) is 4.79 Å². The third-order valence-electron chi connectivity index (χ3n) is 5.70. The minimum Gasteiger partial charge on any atom is -0.338 e. The van der Waals surface area contributed by atoms with Crippen molar-refractivity contribution < 1.29 is 4.79 Å². The van der Waals surface area contributed by atoms with Crippen molar-refractivity contribution in [3.8, 4) is 0 Å². The summed E-state index contributed by atoms with van der Waals surface area (Å²) in [4.78, 5) is 14.8. The van der Waals surface area contributed by atoms with Crippen LogP contribution in [0.3, 0.4) is 0 Å². The molecule has 3 atom stereocenters. The maximum absolute atomic E-state index is 12.9. The van der Waals surface area contributed by atoms with Crippen LogP contribution in [0.15, 0.2) is 61.2 Å². The summed E-state index contributed by atoms with van der Waals surface area (Å²) in [7, 11) is 0. The predicted molar refractivity (Wildman–Crippen MR) is 117 cm³/mol. The van der Waals surface area contributed by atoms with Gasteiger partial charge >= 0.3 is 0 Å². The number of carbonyl (C=O) groups is 1. The van der Waals surface area contributed by atoms with Crippen LogP contribution in [0.1, 0.15) is 23.5 Å². The first-order chi connectivity index (χ1) is 13.5. The second-order valence-corrected chi connectivity index (χ2v) is 8.68. The number of hydrogen-bond acceptors (Lipinski definition) is 1. The van der Waals surface area contributed by atoms with Gasteiger partial charge in [0.15, 0.2) is 0 Å². The monoisotopic (exact) mass is 431 g/mol. The SMILES string of the molecule is C=CCN1CC2CC(c3ccc(Cl)cc3Cl)C(c3ccc(Cl)cc3)=CC2C1=O. The van der Waals surface area contributed by atoms with Crippen molar-refractivity contribution in [2.75, 3.05) is 13.1 Å². The number of carbonyl (C=O) groups excluding carboxylic acids is 1. The van der Waals surface area contributed by atoms with Gasteiger partial charge in [-0.25, -0.2) is 0 Å². The largest absolute Gasteiger partial charge is 0.338 e. The normalized spacial score (nSPS) is 24.1. The molecule has 1 fully saturated rings. The van der Waals surface area contributed by atoms with Crippen molar-refractivity contribution >= 4 is 46.3 Å². The second-order valence-electron chi connectivity index (χ2n) is 7.40. The Bertz CT molecular complexity index is 951. The van der Waals surface area contributed by atoms with E-state index in [1.165, 1.54) is 0 Å². The predicted octanol–water partition coefficient (Wildman–Crippen LogP) is 6.48. The zero-order chi connectivity index (χ0) is 19.8. The van der Waals surface area contributed by atoms with E-state index in [9.17, 15) is 4.79 Å².